The summed E-state index contributed by atoms with van der Waals surface area (Å²) < 4.78 is 0. The molecule has 0 bridgehead atoms. The molecular weight excluding hydrogens is 190 g/mol. The average Bonchev–Trinajstić information content (AvgIpc) is 2.28. The van der Waals surface area contributed by atoms with E-state index in [-0.39, 0.29) is 12.5 Å². The van der Waals surface area contributed by atoms with Gasteiger partial charge in [-0.3, -0.25) is 4.79 Å². The Bertz CT molecular complexity index is 343. The van der Waals surface area contributed by atoms with E-state index >= 15 is 0 Å². The molecule has 0 aromatic heterocycles. The van der Waals surface area contributed by atoms with E-state index < -0.39 is 0 Å². The number of carbonyl (C=O) groups excluding carboxylic acids is 1. The van der Waals surface area contributed by atoms with Crippen LogP contribution < -0.4 is 10.6 Å². The minimum atomic E-state index is -0.103. The Balaban J connectivity index is 2.20. The summed E-state index contributed by atoms with van der Waals surface area (Å²) in [6.07, 6.45) is 0.344. The fourth-order valence-electron chi connectivity index (χ4n) is 1.06. The second-order valence-corrected chi connectivity index (χ2v) is 2.98. The average molecular weight is 203 g/mol. The van der Waals surface area contributed by atoms with Gasteiger partial charge in [0.05, 0.1) is 19.0 Å². The van der Waals surface area contributed by atoms with Gasteiger partial charge in [-0.05, 0) is 12.1 Å². The van der Waals surface area contributed by atoms with Gasteiger partial charge in [0.1, 0.15) is 0 Å². The molecule has 0 spiro atoms. The summed E-state index contributed by atoms with van der Waals surface area (Å²) in [5.41, 5.74) is 0.910. The molecule has 1 aromatic rings. The van der Waals surface area contributed by atoms with Gasteiger partial charge in [0.25, 0.3) is 0 Å². The Morgan fingerprint density at radius 1 is 1.33 bits per heavy atom. The van der Waals surface area contributed by atoms with Crippen molar-refractivity contribution in [2.75, 3.05) is 18.4 Å². The van der Waals surface area contributed by atoms with Crippen LogP contribution in [0.4, 0.5) is 5.69 Å². The zero-order valence-corrected chi connectivity index (χ0v) is 8.36. The number of rotatable bonds is 5. The summed E-state index contributed by atoms with van der Waals surface area (Å²) in [5.74, 6) is -0.103. The Kier molecular flexibility index (Phi) is 4.74. The number of benzene rings is 1. The second-order valence-electron chi connectivity index (χ2n) is 2.98. The van der Waals surface area contributed by atoms with Gasteiger partial charge in [-0.2, -0.15) is 5.26 Å². The molecule has 0 unspecified atom stereocenters. The van der Waals surface area contributed by atoms with E-state index in [9.17, 15) is 4.79 Å². The minimum Gasteiger partial charge on any atom is -0.376 e. The Labute approximate surface area is 88.9 Å². The zero-order valence-electron chi connectivity index (χ0n) is 8.36. The maximum atomic E-state index is 11.2. The predicted molar refractivity (Wildman–Crippen MR) is 58.2 cm³/mol. The summed E-state index contributed by atoms with van der Waals surface area (Å²) in [5, 5.41) is 13.9. The molecule has 0 heterocycles. The molecule has 0 fully saturated rings. The molecule has 1 amide bonds. The first kappa shape index (κ1) is 11.1. The van der Waals surface area contributed by atoms with Gasteiger partial charge in [-0.25, -0.2) is 0 Å². The lowest BCUT2D eigenvalue weighted by atomic mass is 10.3. The number of amides is 1. The number of nitriles is 1. The van der Waals surface area contributed by atoms with E-state index in [0.29, 0.717) is 13.0 Å². The normalized spacial score (nSPS) is 9.00. The molecular formula is C11H13N3O. The lowest BCUT2D eigenvalue weighted by molar-refractivity contribution is -0.119. The largest absolute Gasteiger partial charge is 0.376 e. The van der Waals surface area contributed by atoms with Crippen LogP contribution in [0.2, 0.25) is 0 Å². The van der Waals surface area contributed by atoms with E-state index in [0.717, 1.165) is 5.69 Å². The maximum absolute atomic E-state index is 11.2. The smallest absolute Gasteiger partial charge is 0.239 e. The van der Waals surface area contributed by atoms with Crippen molar-refractivity contribution < 1.29 is 4.79 Å². The van der Waals surface area contributed by atoms with Crippen LogP contribution in [-0.4, -0.2) is 19.0 Å². The summed E-state index contributed by atoms with van der Waals surface area (Å²) in [4.78, 5) is 11.2. The number of anilines is 1. The molecule has 2 N–H and O–H groups in total. The van der Waals surface area contributed by atoms with Crippen molar-refractivity contribution >= 4 is 11.6 Å². The monoisotopic (exact) mass is 203 g/mol. The highest BCUT2D eigenvalue weighted by atomic mass is 16.1. The predicted octanol–water partition coefficient (Wildman–Crippen LogP) is 1.13. The topological polar surface area (TPSA) is 64.9 Å². The first-order chi connectivity index (χ1) is 7.33. The quantitative estimate of drug-likeness (QED) is 0.705. The third kappa shape index (κ3) is 4.67. The lowest BCUT2D eigenvalue weighted by Gasteiger charge is -2.05. The SMILES string of the molecule is N#CCCNC(=O)CNc1ccccc1. The number of hydrogen-bond acceptors (Lipinski definition) is 3. The van der Waals surface area contributed by atoms with Crippen molar-refractivity contribution in [2.24, 2.45) is 0 Å². The molecule has 0 aliphatic rings. The van der Waals surface area contributed by atoms with Crippen molar-refractivity contribution in [3.05, 3.63) is 30.3 Å². The number of nitrogens with zero attached hydrogens (tertiary/aromatic N) is 1. The third-order valence-electron chi connectivity index (χ3n) is 1.79. The molecule has 1 aromatic carbocycles. The van der Waals surface area contributed by atoms with Crippen LogP contribution in [0.1, 0.15) is 6.42 Å². The number of carbonyl (C=O) groups is 1. The van der Waals surface area contributed by atoms with Crippen LogP contribution in [0.15, 0.2) is 30.3 Å². The first-order valence-electron chi connectivity index (χ1n) is 4.75. The van der Waals surface area contributed by atoms with E-state index in [1.54, 1.807) is 0 Å². The van der Waals surface area contributed by atoms with Crippen molar-refractivity contribution in [1.29, 1.82) is 5.26 Å². The Morgan fingerprint density at radius 3 is 2.73 bits per heavy atom. The van der Waals surface area contributed by atoms with Crippen molar-refractivity contribution in [2.45, 2.75) is 6.42 Å². The van der Waals surface area contributed by atoms with Gasteiger partial charge in [-0.1, -0.05) is 18.2 Å². The first-order valence-corrected chi connectivity index (χ1v) is 4.75. The molecule has 4 heteroatoms. The summed E-state index contributed by atoms with van der Waals surface area (Å²) >= 11 is 0. The molecule has 15 heavy (non-hydrogen) atoms. The standard InChI is InChI=1S/C11H13N3O/c12-7-4-8-13-11(15)9-14-10-5-2-1-3-6-10/h1-3,5-6,14H,4,8-9H2,(H,13,15). The molecule has 0 saturated carbocycles. The van der Waals surface area contributed by atoms with Gasteiger partial charge in [0.2, 0.25) is 5.91 Å². The van der Waals surface area contributed by atoms with Crippen LogP contribution in [0.3, 0.4) is 0 Å². The molecule has 0 aliphatic carbocycles. The molecule has 0 saturated heterocycles. The summed E-state index contributed by atoms with van der Waals surface area (Å²) in [6, 6.07) is 11.5. The highest BCUT2D eigenvalue weighted by Gasteiger charge is 1.98. The van der Waals surface area contributed by atoms with E-state index in [1.165, 1.54) is 0 Å². The van der Waals surface area contributed by atoms with Gasteiger partial charge >= 0.3 is 0 Å². The number of para-hydroxylation sites is 1. The van der Waals surface area contributed by atoms with Gasteiger partial charge in [0.15, 0.2) is 0 Å². The number of nitrogens with one attached hydrogen (secondary N) is 2. The Morgan fingerprint density at radius 2 is 2.07 bits per heavy atom. The molecule has 0 aliphatic heterocycles. The second kappa shape index (κ2) is 6.44. The summed E-state index contributed by atoms with van der Waals surface area (Å²) in [7, 11) is 0. The molecule has 0 atom stereocenters. The fraction of sp³-hybridized carbons (Fsp3) is 0.273. The van der Waals surface area contributed by atoms with Crippen molar-refractivity contribution in [3.63, 3.8) is 0 Å². The van der Waals surface area contributed by atoms with Crippen LogP contribution in [0, 0.1) is 11.3 Å². The fourth-order valence-corrected chi connectivity index (χ4v) is 1.06. The van der Waals surface area contributed by atoms with Gasteiger partial charge in [-0.15, -0.1) is 0 Å². The van der Waals surface area contributed by atoms with Crippen molar-refractivity contribution in [3.8, 4) is 6.07 Å². The van der Waals surface area contributed by atoms with E-state index in [1.807, 2.05) is 36.4 Å². The highest BCUT2D eigenvalue weighted by molar-refractivity contribution is 5.80. The van der Waals surface area contributed by atoms with Crippen LogP contribution in [0.25, 0.3) is 0 Å². The minimum absolute atomic E-state index is 0.103. The van der Waals surface area contributed by atoms with Crippen LogP contribution >= 0.6 is 0 Å². The molecule has 78 valence electrons. The molecule has 1 rings (SSSR count). The van der Waals surface area contributed by atoms with Gasteiger partial charge in [0, 0.05) is 12.2 Å². The van der Waals surface area contributed by atoms with E-state index in [2.05, 4.69) is 10.6 Å². The molecule has 0 radical (unpaired) electrons. The maximum Gasteiger partial charge on any atom is 0.239 e. The lowest BCUT2D eigenvalue weighted by Crippen LogP contribution is -2.30. The Hall–Kier alpha value is -2.02. The molecule has 4 nitrogen and oxygen atoms in total. The van der Waals surface area contributed by atoms with Gasteiger partial charge < -0.3 is 10.6 Å². The van der Waals surface area contributed by atoms with E-state index in [4.69, 9.17) is 5.26 Å². The zero-order chi connectivity index (χ0) is 10.9. The third-order valence-corrected chi connectivity index (χ3v) is 1.79. The van der Waals surface area contributed by atoms with Crippen molar-refractivity contribution in [1.82, 2.24) is 5.32 Å². The van der Waals surface area contributed by atoms with Crippen LogP contribution in [-0.2, 0) is 4.79 Å². The van der Waals surface area contributed by atoms with Crippen LogP contribution in [0.5, 0.6) is 0 Å². The number of hydrogen-bond donors (Lipinski definition) is 2. The highest BCUT2D eigenvalue weighted by Crippen LogP contribution is 2.03. The summed E-state index contributed by atoms with van der Waals surface area (Å²) in [6.45, 7) is 0.640.